The lowest BCUT2D eigenvalue weighted by Gasteiger charge is -2.27. The van der Waals surface area contributed by atoms with Crippen LogP contribution in [0.25, 0.3) is 16.3 Å². The van der Waals surface area contributed by atoms with E-state index in [9.17, 15) is 4.79 Å². The van der Waals surface area contributed by atoms with E-state index in [1.54, 1.807) is 11.3 Å². The number of aromatic nitrogens is 2. The topological polar surface area (TPSA) is 50.2 Å². The maximum absolute atomic E-state index is 12.8. The molecule has 0 aliphatic carbocycles. The molecule has 1 aromatic carbocycles. The van der Waals surface area contributed by atoms with Crippen LogP contribution in [-0.4, -0.2) is 40.7 Å². The van der Waals surface area contributed by atoms with Gasteiger partial charge in [0.2, 0.25) is 5.91 Å². The minimum atomic E-state index is 0.0816. The average molecular weight is 381 g/mol. The first-order valence-electron chi connectivity index (χ1n) is 9.36. The lowest BCUT2D eigenvalue weighted by molar-refractivity contribution is -0.135. The van der Waals surface area contributed by atoms with Crippen LogP contribution in [0.15, 0.2) is 54.0 Å². The summed E-state index contributed by atoms with van der Waals surface area (Å²) in [7, 11) is 1.90. The van der Waals surface area contributed by atoms with E-state index in [0.29, 0.717) is 6.54 Å². The second-order valence-electron chi connectivity index (χ2n) is 7.00. The lowest BCUT2D eigenvalue weighted by Crippen LogP contribution is -2.41. The van der Waals surface area contributed by atoms with E-state index >= 15 is 0 Å². The highest BCUT2D eigenvalue weighted by Gasteiger charge is 2.25. The Morgan fingerprint density at radius 3 is 2.85 bits per heavy atom. The van der Waals surface area contributed by atoms with Crippen molar-refractivity contribution in [3.8, 4) is 16.3 Å². The number of piperidine rings is 1. The Bertz CT molecular complexity index is 882. The first-order chi connectivity index (χ1) is 13.2. The van der Waals surface area contributed by atoms with Crippen LogP contribution in [0.5, 0.6) is 0 Å². The maximum Gasteiger partial charge on any atom is 0.227 e. The summed E-state index contributed by atoms with van der Waals surface area (Å²) >= 11 is 1.67. The van der Waals surface area contributed by atoms with Crippen molar-refractivity contribution in [1.82, 2.24) is 20.0 Å². The molecule has 1 fully saturated rings. The van der Waals surface area contributed by atoms with E-state index in [4.69, 9.17) is 5.10 Å². The van der Waals surface area contributed by atoms with Crippen molar-refractivity contribution < 1.29 is 4.79 Å². The zero-order valence-electron chi connectivity index (χ0n) is 15.5. The number of para-hydroxylation sites is 1. The molecule has 1 saturated heterocycles. The van der Waals surface area contributed by atoms with E-state index in [0.717, 1.165) is 47.8 Å². The Kier molecular flexibility index (Phi) is 5.36. The van der Waals surface area contributed by atoms with Crippen LogP contribution in [0, 0.1) is 5.92 Å². The monoisotopic (exact) mass is 380 g/mol. The van der Waals surface area contributed by atoms with E-state index < -0.39 is 0 Å². The summed E-state index contributed by atoms with van der Waals surface area (Å²) < 4.78 is 1.91. The number of carbonyl (C=O) groups is 1. The van der Waals surface area contributed by atoms with Crippen LogP contribution in [0.3, 0.4) is 0 Å². The van der Waals surface area contributed by atoms with Crippen molar-refractivity contribution in [2.45, 2.75) is 19.4 Å². The summed E-state index contributed by atoms with van der Waals surface area (Å²) in [5, 5.41) is 10.2. The number of thiophene rings is 1. The molecule has 2 aromatic heterocycles. The smallest absolute Gasteiger partial charge is 0.227 e. The fourth-order valence-electron chi connectivity index (χ4n) is 3.57. The molecule has 6 heteroatoms. The van der Waals surface area contributed by atoms with E-state index in [1.165, 1.54) is 0 Å². The second kappa shape index (κ2) is 8.06. The van der Waals surface area contributed by atoms with E-state index in [-0.39, 0.29) is 11.8 Å². The first-order valence-corrected chi connectivity index (χ1v) is 10.2. The van der Waals surface area contributed by atoms with Gasteiger partial charge < -0.3 is 10.2 Å². The van der Waals surface area contributed by atoms with Gasteiger partial charge in [-0.1, -0.05) is 24.3 Å². The molecule has 5 nitrogen and oxygen atoms in total. The molecular weight excluding hydrogens is 356 g/mol. The summed E-state index contributed by atoms with van der Waals surface area (Å²) in [6.45, 7) is 2.36. The van der Waals surface area contributed by atoms with Gasteiger partial charge in [0.1, 0.15) is 5.69 Å². The third-order valence-electron chi connectivity index (χ3n) is 5.00. The highest BCUT2D eigenvalue weighted by Crippen LogP contribution is 2.29. The number of benzene rings is 1. The summed E-state index contributed by atoms with van der Waals surface area (Å²) in [6, 6.07) is 14.2. The number of carbonyl (C=O) groups excluding carboxylic acids is 1. The zero-order chi connectivity index (χ0) is 18.6. The number of hydrogen-bond donors (Lipinski definition) is 1. The molecule has 1 aliphatic rings. The molecule has 27 heavy (non-hydrogen) atoms. The summed E-state index contributed by atoms with van der Waals surface area (Å²) in [4.78, 5) is 15.8. The molecule has 0 radical (unpaired) electrons. The fourth-order valence-corrected chi connectivity index (χ4v) is 4.31. The highest BCUT2D eigenvalue weighted by atomic mass is 32.1. The molecular formula is C21H24N4OS. The van der Waals surface area contributed by atoms with Crippen molar-refractivity contribution in [3.05, 3.63) is 59.6 Å². The average Bonchev–Trinajstić information content (AvgIpc) is 3.38. The SMILES string of the molecule is CN(Cc1cn(-c2ccccc2)nc1-c1cccs1)C(=O)C1CCCNC1. The Balaban J connectivity index is 1.60. The van der Waals surface area contributed by atoms with Crippen LogP contribution in [0.4, 0.5) is 0 Å². The molecule has 0 saturated carbocycles. The van der Waals surface area contributed by atoms with Crippen LogP contribution in [0.1, 0.15) is 18.4 Å². The quantitative estimate of drug-likeness (QED) is 0.736. The Hall–Kier alpha value is -2.44. The van der Waals surface area contributed by atoms with E-state index in [2.05, 4.69) is 16.8 Å². The van der Waals surface area contributed by atoms with Crippen molar-refractivity contribution in [2.75, 3.05) is 20.1 Å². The predicted molar refractivity (Wildman–Crippen MR) is 109 cm³/mol. The van der Waals surface area contributed by atoms with Crippen LogP contribution >= 0.6 is 11.3 Å². The molecule has 3 aromatic rings. The van der Waals surface area contributed by atoms with Gasteiger partial charge in [0.15, 0.2) is 0 Å². The van der Waals surface area contributed by atoms with Gasteiger partial charge in [-0.05, 0) is 43.0 Å². The normalized spacial score (nSPS) is 17.0. The van der Waals surface area contributed by atoms with Crippen LogP contribution in [-0.2, 0) is 11.3 Å². The predicted octanol–water partition coefficient (Wildman–Crippen LogP) is 3.56. The molecule has 1 aliphatic heterocycles. The van der Waals surface area contributed by atoms with Gasteiger partial charge in [-0.2, -0.15) is 5.10 Å². The number of amides is 1. The van der Waals surface area contributed by atoms with Crippen molar-refractivity contribution in [3.63, 3.8) is 0 Å². The zero-order valence-corrected chi connectivity index (χ0v) is 16.3. The Morgan fingerprint density at radius 2 is 2.15 bits per heavy atom. The number of nitrogens with zero attached hydrogens (tertiary/aromatic N) is 3. The van der Waals surface area contributed by atoms with Gasteiger partial charge in [0.25, 0.3) is 0 Å². The molecule has 0 spiro atoms. The van der Waals surface area contributed by atoms with Crippen molar-refractivity contribution in [2.24, 2.45) is 5.92 Å². The summed E-state index contributed by atoms with van der Waals surface area (Å²) in [6.07, 6.45) is 4.08. The number of rotatable bonds is 5. The van der Waals surface area contributed by atoms with Gasteiger partial charge in [0.05, 0.1) is 16.5 Å². The number of hydrogen-bond acceptors (Lipinski definition) is 4. The van der Waals surface area contributed by atoms with Gasteiger partial charge in [-0.25, -0.2) is 4.68 Å². The molecule has 1 N–H and O–H groups in total. The molecule has 1 unspecified atom stereocenters. The minimum absolute atomic E-state index is 0.0816. The van der Waals surface area contributed by atoms with Gasteiger partial charge in [-0.15, -0.1) is 11.3 Å². The van der Waals surface area contributed by atoms with Gasteiger partial charge in [-0.3, -0.25) is 4.79 Å². The van der Waals surface area contributed by atoms with Crippen molar-refractivity contribution >= 4 is 17.2 Å². The summed E-state index contributed by atoms with van der Waals surface area (Å²) in [5.41, 5.74) is 3.04. The molecule has 140 valence electrons. The first kappa shape index (κ1) is 17.9. The highest BCUT2D eigenvalue weighted by molar-refractivity contribution is 7.13. The molecule has 1 atom stereocenters. The minimum Gasteiger partial charge on any atom is -0.341 e. The van der Waals surface area contributed by atoms with Gasteiger partial charge in [0, 0.05) is 31.9 Å². The summed E-state index contributed by atoms with van der Waals surface area (Å²) in [5.74, 6) is 0.296. The molecule has 0 bridgehead atoms. The van der Waals surface area contributed by atoms with E-state index in [1.807, 2.05) is 59.2 Å². The third-order valence-corrected chi connectivity index (χ3v) is 5.87. The Morgan fingerprint density at radius 1 is 1.30 bits per heavy atom. The fraction of sp³-hybridized carbons (Fsp3) is 0.333. The Labute approximate surface area is 163 Å². The molecule has 1 amide bonds. The van der Waals surface area contributed by atoms with Gasteiger partial charge >= 0.3 is 0 Å². The van der Waals surface area contributed by atoms with Crippen molar-refractivity contribution in [1.29, 1.82) is 0 Å². The maximum atomic E-state index is 12.8. The molecule has 3 heterocycles. The van der Waals surface area contributed by atoms with Crippen LogP contribution < -0.4 is 5.32 Å². The largest absolute Gasteiger partial charge is 0.341 e. The second-order valence-corrected chi connectivity index (χ2v) is 7.95. The molecule has 4 rings (SSSR count). The van der Waals surface area contributed by atoms with Crippen LogP contribution in [0.2, 0.25) is 0 Å². The standard InChI is InChI=1S/C21H24N4OS/c1-24(21(26)16-7-5-11-22-13-16)14-17-15-25(18-8-3-2-4-9-18)23-20(17)19-10-6-12-27-19/h2-4,6,8-10,12,15-16,22H,5,7,11,13-14H2,1H3. The third kappa shape index (κ3) is 3.96. The lowest BCUT2D eigenvalue weighted by atomic mass is 9.98. The number of nitrogens with one attached hydrogen (secondary N) is 1.